The lowest BCUT2D eigenvalue weighted by Crippen LogP contribution is -2.50. The van der Waals surface area contributed by atoms with E-state index < -0.39 is 0 Å². The molecule has 4 aliphatic carbocycles. The molecule has 0 aromatic carbocycles. The lowest BCUT2D eigenvalue weighted by atomic mass is 9.49. The Labute approximate surface area is 204 Å². The van der Waals surface area contributed by atoms with Crippen LogP contribution < -0.4 is 0 Å². The number of hydrogen-bond donors (Lipinski definition) is 0. The van der Waals surface area contributed by atoms with Gasteiger partial charge in [0, 0.05) is 12.1 Å². The van der Waals surface area contributed by atoms with E-state index in [4.69, 9.17) is 4.42 Å². The highest BCUT2D eigenvalue weighted by atomic mass is 16.3. The fraction of sp³-hybridized carbons (Fsp3) is 0.759. The highest BCUT2D eigenvalue weighted by molar-refractivity contribution is 5.83. The van der Waals surface area contributed by atoms with Crippen molar-refractivity contribution in [1.29, 1.82) is 0 Å². The maximum Gasteiger partial charge on any atom is 0.229 e. The maximum atomic E-state index is 13.9. The van der Waals surface area contributed by atoms with Crippen LogP contribution in [0.3, 0.4) is 0 Å². The van der Waals surface area contributed by atoms with Crippen LogP contribution >= 0.6 is 0 Å². The van der Waals surface area contributed by atoms with E-state index >= 15 is 0 Å². The van der Waals surface area contributed by atoms with Gasteiger partial charge in [-0.1, -0.05) is 47.0 Å². The highest BCUT2D eigenvalue weighted by Crippen LogP contribution is 2.76. The van der Waals surface area contributed by atoms with Crippen LogP contribution in [0.15, 0.2) is 29.3 Å². The molecule has 0 radical (unpaired) electrons. The van der Waals surface area contributed by atoms with Gasteiger partial charge in [-0.2, -0.15) is 5.10 Å². The van der Waals surface area contributed by atoms with Crippen molar-refractivity contribution in [3.05, 3.63) is 24.9 Å². The summed E-state index contributed by atoms with van der Waals surface area (Å²) in [6, 6.07) is 0. The van der Waals surface area contributed by atoms with Gasteiger partial charge in [0.05, 0.1) is 24.5 Å². The Morgan fingerprint density at radius 2 is 2.06 bits per heavy atom. The van der Waals surface area contributed by atoms with Crippen molar-refractivity contribution >= 4 is 5.78 Å². The van der Waals surface area contributed by atoms with Crippen molar-refractivity contribution in [1.82, 2.24) is 14.8 Å². The van der Waals surface area contributed by atoms with Gasteiger partial charge < -0.3 is 4.42 Å². The number of ketones is 1. The normalized spacial score (nSPS) is 42.6. The van der Waals surface area contributed by atoms with E-state index in [1.54, 1.807) is 23.3 Å². The first-order valence-corrected chi connectivity index (χ1v) is 13.9. The summed E-state index contributed by atoms with van der Waals surface area (Å²) >= 11 is 0. The first kappa shape index (κ1) is 22.5. The molecule has 4 fully saturated rings. The molecule has 10 unspecified atom stereocenters. The SMILES string of the molecule is CCCC1C(CC)CCC2C1CCC1(C)C(C(=O)Cn3cc(-c4ncco4)cn3)C3C(C)C3C21. The van der Waals surface area contributed by atoms with Gasteiger partial charge in [0.2, 0.25) is 5.89 Å². The molecule has 2 aromatic rings. The van der Waals surface area contributed by atoms with Crippen LogP contribution in [0, 0.1) is 58.7 Å². The van der Waals surface area contributed by atoms with Crippen LogP contribution in [0.4, 0.5) is 0 Å². The van der Waals surface area contributed by atoms with Gasteiger partial charge in [0.25, 0.3) is 0 Å². The molecule has 0 amide bonds. The maximum absolute atomic E-state index is 13.9. The number of nitrogens with zero attached hydrogens (tertiary/aromatic N) is 3. The Morgan fingerprint density at radius 3 is 2.79 bits per heavy atom. The minimum absolute atomic E-state index is 0.175. The van der Waals surface area contributed by atoms with E-state index in [1.807, 2.05) is 6.20 Å². The average molecular weight is 464 g/mol. The van der Waals surface area contributed by atoms with Crippen molar-refractivity contribution < 1.29 is 9.21 Å². The second-order valence-electron chi connectivity index (χ2n) is 12.3. The highest BCUT2D eigenvalue weighted by Gasteiger charge is 2.73. The van der Waals surface area contributed by atoms with Gasteiger partial charge in [-0.3, -0.25) is 9.48 Å². The predicted octanol–water partition coefficient (Wildman–Crippen LogP) is 6.50. The van der Waals surface area contributed by atoms with E-state index in [0.29, 0.717) is 30.1 Å². The van der Waals surface area contributed by atoms with E-state index in [0.717, 1.165) is 41.1 Å². The van der Waals surface area contributed by atoms with Crippen molar-refractivity contribution in [3.8, 4) is 11.5 Å². The number of carbonyl (C=O) groups excluding carboxylic acids is 1. The first-order chi connectivity index (χ1) is 16.5. The largest absolute Gasteiger partial charge is 0.444 e. The molecule has 2 aromatic heterocycles. The molecule has 184 valence electrons. The summed E-state index contributed by atoms with van der Waals surface area (Å²) in [7, 11) is 0. The second kappa shape index (κ2) is 8.34. The van der Waals surface area contributed by atoms with Gasteiger partial charge in [0.1, 0.15) is 6.26 Å². The number of fused-ring (bicyclic) bond motifs is 5. The molecule has 10 atom stereocenters. The third kappa shape index (κ3) is 3.28. The lowest BCUT2D eigenvalue weighted by Gasteiger charge is -2.56. The molecular formula is C29H41N3O2. The predicted molar refractivity (Wildman–Crippen MR) is 132 cm³/mol. The number of aromatic nitrogens is 3. The van der Waals surface area contributed by atoms with Crippen LogP contribution in [-0.4, -0.2) is 20.5 Å². The number of rotatable bonds is 7. The van der Waals surface area contributed by atoms with E-state index in [2.05, 4.69) is 37.8 Å². The Hall–Kier alpha value is -1.91. The summed E-state index contributed by atoms with van der Waals surface area (Å²) in [6.07, 6.45) is 16.3. The quantitative estimate of drug-likeness (QED) is 0.470. The molecule has 0 spiro atoms. The van der Waals surface area contributed by atoms with Crippen molar-refractivity contribution in [2.75, 3.05) is 0 Å². The summed E-state index contributed by atoms with van der Waals surface area (Å²) in [5.41, 5.74) is 1.01. The van der Waals surface area contributed by atoms with Crippen LogP contribution in [0.25, 0.3) is 11.5 Å². The Morgan fingerprint density at radius 1 is 1.21 bits per heavy atom. The van der Waals surface area contributed by atoms with Gasteiger partial charge >= 0.3 is 0 Å². The fourth-order valence-electron chi connectivity index (χ4n) is 9.71. The summed E-state index contributed by atoms with van der Waals surface area (Å²) in [4.78, 5) is 18.1. The van der Waals surface area contributed by atoms with Gasteiger partial charge in [-0.15, -0.1) is 0 Å². The summed E-state index contributed by atoms with van der Waals surface area (Å²) in [5, 5.41) is 4.48. The molecule has 4 aliphatic rings. The molecule has 4 saturated carbocycles. The summed E-state index contributed by atoms with van der Waals surface area (Å²) in [5.74, 6) is 7.56. The molecule has 0 bridgehead atoms. The standard InChI is InChI=1S/C29H41N3O2/c1-5-7-20-18(6-2)8-9-22-21(20)10-11-29(4)26(22)24-17(3)25(24)27(29)23(33)16-32-15-19(14-31-32)28-30-12-13-34-28/h12-15,17-18,20-22,24-27H,5-11,16H2,1-4H3. The second-order valence-corrected chi connectivity index (χ2v) is 12.3. The smallest absolute Gasteiger partial charge is 0.229 e. The molecule has 0 N–H and O–H groups in total. The fourth-order valence-corrected chi connectivity index (χ4v) is 9.71. The van der Waals surface area contributed by atoms with E-state index in [9.17, 15) is 4.79 Å². The number of carbonyl (C=O) groups is 1. The average Bonchev–Trinajstić information content (AvgIpc) is 3.30. The van der Waals surface area contributed by atoms with Crippen molar-refractivity contribution in [2.24, 2.45) is 58.7 Å². The minimum Gasteiger partial charge on any atom is -0.444 e. The topological polar surface area (TPSA) is 60.9 Å². The van der Waals surface area contributed by atoms with Gasteiger partial charge in [0.15, 0.2) is 5.78 Å². The van der Waals surface area contributed by atoms with E-state index in [1.165, 1.54) is 44.9 Å². The third-order valence-corrected chi connectivity index (χ3v) is 11.0. The third-order valence-electron chi connectivity index (χ3n) is 11.0. The Kier molecular flexibility index (Phi) is 5.53. The Bertz CT molecular complexity index is 1030. The molecule has 34 heavy (non-hydrogen) atoms. The zero-order valence-electron chi connectivity index (χ0n) is 21.3. The number of oxazole rings is 1. The van der Waals surface area contributed by atoms with Crippen LogP contribution in [-0.2, 0) is 11.3 Å². The zero-order valence-corrected chi connectivity index (χ0v) is 21.3. The van der Waals surface area contributed by atoms with Gasteiger partial charge in [-0.05, 0) is 78.4 Å². The Balaban J connectivity index is 1.24. The van der Waals surface area contributed by atoms with E-state index in [-0.39, 0.29) is 11.3 Å². The molecule has 5 heteroatoms. The van der Waals surface area contributed by atoms with Gasteiger partial charge in [-0.25, -0.2) is 4.98 Å². The zero-order chi connectivity index (χ0) is 23.6. The van der Waals surface area contributed by atoms with Crippen molar-refractivity contribution in [2.45, 2.75) is 79.2 Å². The number of hydrogen-bond acceptors (Lipinski definition) is 4. The van der Waals surface area contributed by atoms with Crippen LogP contribution in [0.5, 0.6) is 0 Å². The van der Waals surface area contributed by atoms with Crippen LogP contribution in [0.2, 0.25) is 0 Å². The lowest BCUT2D eigenvalue weighted by molar-refractivity contribution is -0.134. The van der Waals surface area contributed by atoms with Crippen LogP contribution in [0.1, 0.15) is 72.6 Å². The number of Topliss-reactive ketones (excluding diaryl/α,β-unsaturated/α-hetero) is 1. The summed E-state index contributed by atoms with van der Waals surface area (Å²) < 4.78 is 7.21. The molecule has 2 heterocycles. The molecule has 5 nitrogen and oxygen atoms in total. The molecular weight excluding hydrogens is 422 g/mol. The summed E-state index contributed by atoms with van der Waals surface area (Å²) in [6.45, 7) is 10.1. The molecule has 0 saturated heterocycles. The van der Waals surface area contributed by atoms with Crippen molar-refractivity contribution in [3.63, 3.8) is 0 Å². The molecule has 0 aliphatic heterocycles. The minimum atomic E-state index is 0.175. The monoisotopic (exact) mass is 463 g/mol. The first-order valence-electron chi connectivity index (χ1n) is 13.9. The molecule has 6 rings (SSSR count).